The van der Waals surface area contributed by atoms with E-state index < -0.39 is 0 Å². The average Bonchev–Trinajstić information content (AvgIpc) is 3.51. The van der Waals surface area contributed by atoms with Crippen molar-refractivity contribution < 1.29 is 9.53 Å². The number of nitrogens with two attached hydrogens (primary N) is 1. The normalized spacial score (nSPS) is 20.6. The molecule has 1 saturated carbocycles. The van der Waals surface area contributed by atoms with Gasteiger partial charge in [-0.15, -0.1) is 0 Å². The Labute approximate surface area is 251 Å². The maximum Gasteiger partial charge on any atom is 0.251 e. The van der Waals surface area contributed by atoms with E-state index in [9.17, 15) is 4.79 Å². The van der Waals surface area contributed by atoms with Crippen LogP contribution in [0.15, 0.2) is 59.4 Å². The number of anilines is 2. The largest absolute Gasteiger partial charge is 0.495 e. The summed E-state index contributed by atoms with van der Waals surface area (Å²) in [5.41, 5.74) is 12.4. The number of amides is 1. The van der Waals surface area contributed by atoms with Crippen molar-refractivity contribution in [3.05, 3.63) is 81.8 Å². The van der Waals surface area contributed by atoms with Gasteiger partial charge in [0.15, 0.2) is 0 Å². The van der Waals surface area contributed by atoms with Crippen molar-refractivity contribution in [3.63, 3.8) is 0 Å². The van der Waals surface area contributed by atoms with Gasteiger partial charge in [-0.25, -0.2) is 9.97 Å². The van der Waals surface area contributed by atoms with Crippen molar-refractivity contribution in [1.82, 2.24) is 20.2 Å². The van der Waals surface area contributed by atoms with Gasteiger partial charge in [-0.3, -0.25) is 9.79 Å². The zero-order chi connectivity index (χ0) is 29.2. The topological polar surface area (TPSA) is 118 Å². The number of hydrogen-bond acceptors (Lipinski definition) is 8. The number of hydrogen-bond donors (Lipinski definition) is 3. The summed E-state index contributed by atoms with van der Waals surface area (Å²) in [6.45, 7) is 2.37. The quantitative estimate of drug-likeness (QED) is 0.319. The summed E-state index contributed by atoms with van der Waals surface area (Å²) in [6, 6.07) is 13.7. The Bertz CT molecular complexity index is 1560. The molecule has 0 radical (unpaired) electrons. The minimum Gasteiger partial charge on any atom is -0.495 e. The number of rotatable bonds is 8. The molecule has 218 valence electrons. The van der Waals surface area contributed by atoms with Crippen LogP contribution in [0.5, 0.6) is 5.75 Å². The average molecular weight is 586 g/mol. The van der Waals surface area contributed by atoms with Crippen molar-refractivity contribution in [1.29, 1.82) is 0 Å². The smallest absolute Gasteiger partial charge is 0.251 e. The van der Waals surface area contributed by atoms with Crippen LogP contribution in [0.4, 0.5) is 11.6 Å². The Morgan fingerprint density at radius 3 is 2.67 bits per heavy atom. The fraction of sp³-hybridized carbons (Fsp3) is 0.375. The molecule has 1 aliphatic heterocycles. The number of benzene rings is 2. The number of aromatic nitrogens is 2. The Kier molecular flexibility index (Phi) is 8.13. The lowest BCUT2D eigenvalue weighted by Gasteiger charge is -2.41. The van der Waals surface area contributed by atoms with Gasteiger partial charge in [0.05, 0.1) is 24.2 Å². The minimum absolute atomic E-state index is 0.0917. The highest BCUT2D eigenvalue weighted by molar-refractivity contribution is 6.40. The fourth-order valence-electron chi connectivity index (χ4n) is 6.13. The number of nitrogens with one attached hydrogen (secondary N) is 2. The van der Waals surface area contributed by atoms with Crippen LogP contribution in [0.25, 0.3) is 5.57 Å². The Balaban J connectivity index is 1.20. The molecule has 3 aromatic rings. The van der Waals surface area contributed by atoms with Crippen LogP contribution >= 0.6 is 11.6 Å². The molecule has 9 nitrogen and oxygen atoms in total. The Hall–Kier alpha value is -3.95. The summed E-state index contributed by atoms with van der Waals surface area (Å²) >= 11 is 6.54. The van der Waals surface area contributed by atoms with Crippen molar-refractivity contribution in [3.8, 4) is 5.75 Å². The molecular formula is C32H36ClN7O2. The first-order valence-corrected chi connectivity index (χ1v) is 14.9. The molecule has 2 aromatic carbocycles. The van der Waals surface area contributed by atoms with Gasteiger partial charge in [-0.2, -0.15) is 0 Å². The maximum absolute atomic E-state index is 13.0. The van der Waals surface area contributed by atoms with E-state index in [0.29, 0.717) is 51.8 Å². The number of aliphatic imine (C=N–C) groups is 1. The highest BCUT2D eigenvalue weighted by Gasteiger charge is 2.35. The first kappa shape index (κ1) is 28.2. The molecule has 1 aromatic heterocycles. The molecule has 3 aliphatic rings. The summed E-state index contributed by atoms with van der Waals surface area (Å²) in [4.78, 5) is 29.6. The molecule has 42 heavy (non-hydrogen) atoms. The number of fused-ring (bicyclic) bond motifs is 1. The summed E-state index contributed by atoms with van der Waals surface area (Å²) < 4.78 is 5.65. The lowest BCUT2D eigenvalue weighted by atomic mass is 9.85. The number of carbonyl (C=O) groups excluding carboxylic acids is 1. The standard InChI is InChI=1S/C32H36ClN7O2/c1-35-30(23-7-3-4-8-24(23)33)28-25(34)11-9-20-18-36-32(39-29(20)28)38-26-12-10-19(15-27(26)42-2)31(41)37-21-16-22(17-21)40-13-5-6-14-40/h3-4,7-8,10,12,15,18,21-22H,5-6,9,11,13-14,16-17,34H2,1-2H3,(H,37,41)(H,36,38,39). The predicted molar refractivity (Wildman–Crippen MR) is 167 cm³/mol. The van der Waals surface area contributed by atoms with E-state index in [1.54, 1.807) is 26.3 Å². The van der Waals surface area contributed by atoms with E-state index in [1.165, 1.54) is 25.9 Å². The van der Waals surface area contributed by atoms with Crippen molar-refractivity contribution in [2.45, 2.75) is 50.6 Å². The molecule has 2 fully saturated rings. The third kappa shape index (κ3) is 5.58. The van der Waals surface area contributed by atoms with E-state index in [0.717, 1.165) is 41.7 Å². The molecule has 1 saturated heterocycles. The van der Waals surface area contributed by atoms with Crippen LogP contribution in [0.2, 0.25) is 5.02 Å². The predicted octanol–water partition coefficient (Wildman–Crippen LogP) is 4.97. The Morgan fingerprint density at radius 1 is 1.14 bits per heavy atom. The Morgan fingerprint density at radius 2 is 1.93 bits per heavy atom. The summed E-state index contributed by atoms with van der Waals surface area (Å²) in [6.07, 6.45) is 7.83. The van der Waals surface area contributed by atoms with Crippen LogP contribution in [0.1, 0.15) is 59.3 Å². The second kappa shape index (κ2) is 12.1. The van der Waals surface area contributed by atoms with Gasteiger partial charge in [0.2, 0.25) is 5.95 Å². The number of nitrogens with zero attached hydrogens (tertiary/aromatic N) is 4. The SMILES string of the molecule is CN=C(C1=C(N)CCc2cnc(Nc3ccc(C(=O)NC4CC(N5CCCC5)C4)cc3OC)nc21)c1ccccc1Cl. The summed E-state index contributed by atoms with van der Waals surface area (Å²) in [5.74, 6) is 0.814. The molecular weight excluding hydrogens is 550 g/mol. The van der Waals surface area contributed by atoms with Gasteiger partial charge in [0, 0.05) is 52.7 Å². The molecule has 10 heteroatoms. The lowest BCUT2D eigenvalue weighted by molar-refractivity contribution is 0.0819. The number of allylic oxidation sites excluding steroid dienone is 2. The number of carbonyl (C=O) groups is 1. The van der Waals surface area contributed by atoms with Crippen molar-refractivity contribution in [2.24, 2.45) is 10.7 Å². The van der Waals surface area contributed by atoms with E-state index in [-0.39, 0.29) is 11.9 Å². The maximum atomic E-state index is 13.0. The summed E-state index contributed by atoms with van der Waals surface area (Å²) in [7, 11) is 3.31. The highest BCUT2D eigenvalue weighted by Crippen LogP contribution is 2.35. The number of ether oxygens (including phenoxy) is 1. The number of likely N-dealkylation sites (tertiary alicyclic amines) is 1. The number of halogens is 1. The third-order valence-electron chi connectivity index (χ3n) is 8.49. The fourth-order valence-corrected chi connectivity index (χ4v) is 6.36. The second-order valence-electron chi connectivity index (χ2n) is 11.1. The van der Waals surface area contributed by atoms with Crippen LogP contribution in [0.3, 0.4) is 0 Å². The van der Waals surface area contributed by atoms with E-state index >= 15 is 0 Å². The molecule has 0 bridgehead atoms. The van der Waals surface area contributed by atoms with Gasteiger partial charge in [0.25, 0.3) is 5.91 Å². The highest BCUT2D eigenvalue weighted by atomic mass is 35.5. The number of aryl methyl sites for hydroxylation is 1. The molecule has 6 rings (SSSR count). The first-order valence-electron chi connectivity index (χ1n) is 14.5. The lowest BCUT2D eigenvalue weighted by Crippen LogP contribution is -2.53. The minimum atomic E-state index is -0.0917. The van der Waals surface area contributed by atoms with Crippen molar-refractivity contribution >= 4 is 40.4 Å². The van der Waals surface area contributed by atoms with Gasteiger partial charge >= 0.3 is 0 Å². The molecule has 2 heterocycles. The molecule has 1 amide bonds. The van der Waals surface area contributed by atoms with Crippen LogP contribution in [-0.2, 0) is 6.42 Å². The van der Waals surface area contributed by atoms with Gasteiger partial charge in [-0.1, -0.05) is 29.8 Å². The van der Waals surface area contributed by atoms with Crippen LogP contribution < -0.4 is 21.1 Å². The van der Waals surface area contributed by atoms with Crippen molar-refractivity contribution in [2.75, 3.05) is 32.6 Å². The first-order chi connectivity index (χ1) is 20.4. The van der Waals surface area contributed by atoms with E-state index in [1.807, 2.05) is 36.5 Å². The molecule has 4 N–H and O–H groups in total. The second-order valence-corrected chi connectivity index (χ2v) is 11.5. The van der Waals surface area contributed by atoms with Crippen LogP contribution in [0, 0.1) is 0 Å². The van der Waals surface area contributed by atoms with Gasteiger partial charge < -0.3 is 26.0 Å². The van der Waals surface area contributed by atoms with Gasteiger partial charge in [0.1, 0.15) is 5.75 Å². The zero-order valence-corrected chi connectivity index (χ0v) is 24.7. The third-order valence-corrected chi connectivity index (χ3v) is 8.82. The monoisotopic (exact) mass is 585 g/mol. The number of methoxy groups -OCH3 is 1. The molecule has 0 atom stereocenters. The summed E-state index contributed by atoms with van der Waals surface area (Å²) in [5, 5.41) is 7.04. The van der Waals surface area contributed by atoms with E-state index in [4.69, 9.17) is 27.1 Å². The van der Waals surface area contributed by atoms with Crippen LogP contribution in [-0.4, -0.2) is 65.8 Å². The molecule has 0 unspecified atom stereocenters. The zero-order valence-electron chi connectivity index (χ0n) is 24.0. The van der Waals surface area contributed by atoms with E-state index in [2.05, 4.69) is 25.5 Å². The van der Waals surface area contributed by atoms with Gasteiger partial charge in [-0.05, 0) is 81.4 Å². The molecule has 0 spiro atoms. The molecule has 2 aliphatic carbocycles.